The number of nitrogens with zero attached hydrogens (tertiary/aromatic N) is 3. The number of amides is 2. The van der Waals surface area contributed by atoms with Crippen LogP contribution in [0.4, 0.5) is 4.79 Å². The number of aromatic nitrogens is 1. The van der Waals surface area contributed by atoms with Crippen LogP contribution in [-0.2, 0) is 23.8 Å². The number of likely N-dealkylation sites (tertiary alicyclic amines) is 1. The summed E-state index contributed by atoms with van der Waals surface area (Å²) in [6.07, 6.45) is 1.91. The van der Waals surface area contributed by atoms with Crippen LogP contribution in [0.2, 0.25) is 0 Å². The van der Waals surface area contributed by atoms with E-state index < -0.39 is 41.7 Å². The lowest BCUT2D eigenvalue weighted by Gasteiger charge is -2.57. The smallest absolute Gasteiger partial charge is 0.408 e. The van der Waals surface area contributed by atoms with E-state index in [0.29, 0.717) is 55.3 Å². The van der Waals surface area contributed by atoms with Crippen molar-refractivity contribution in [2.75, 3.05) is 40.0 Å². The van der Waals surface area contributed by atoms with Crippen LogP contribution in [0.1, 0.15) is 45.5 Å². The number of hydrogen-bond donors (Lipinski definition) is 2. The molecule has 2 amide bonds. The van der Waals surface area contributed by atoms with Crippen LogP contribution in [0.15, 0.2) is 10.7 Å². The first kappa shape index (κ1) is 26.1. The summed E-state index contributed by atoms with van der Waals surface area (Å²) in [6.45, 7) is 8.29. The molecule has 3 atom stereocenters. The number of hydrogen-bond acceptors (Lipinski definition) is 10. The van der Waals surface area contributed by atoms with Crippen LogP contribution in [0.5, 0.6) is 0 Å². The van der Waals surface area contributed by atoms with Gasteiger partial charge in [0, 0.05) is 25.0 Å². The van der Waals surface area contributed by atoms with Crippen molar-refractivity contribution in [3.63, 3.8) is 0 Å². The highest BCUT2D eigenvalue weighted by Gasteiger charge is 2.55. The molecule has 194 valence electrons. The molecule has 1 aromatic rings. The van der Waals surface area contributed by atoms with Crippen molar-refractivity contribution < 1.29 is 33.0 Å². The molecule has 4 heterocycles. The quantitative estimate of drug-likeness (QED) is 0.360. The first-order valence-electron chi connectivity index (χ1n) is 11.6. The number of methoxy groups -OCH3 is 1. The maximum absolute atomic E-state index is 13.9. The topological polar surface area (TPSA) is 135 Å². The van der Waals surface area contributed by atoms with Gasteiger partial charge in [0.1, 0.15) is 33.7 Å². The Bertz CT molecular complexity index is 952. The SMILES string of the molecule is COC(=O)[C@@H]1CCCN(C(=O)[C@@H](NC(=O)OC(C)(C)C)[C@@H](c2nc(I)co2)N2CC3(COC3)C2)N1. The summed E-state index contributed by atoms with van der Waals surface area (Å²) in [7, 11) is 1.31. The Morgan fingerprint density at radius 2 is 2.03 bits per heavy atom. The zero-order valence-corrected chi connectivity index (χ0v) is 22.5. The molecule has 3 aliphatic rings. The predicted octanol–water partition coefficient (Wildman–Crippen LogP) is 1.21. The number of nitrogens with one attached hydrogen (secondary N) is 2. The van der Waals surface area contributed by atoms with Gasteiger partial charge in [-0.2, -0.15) is 0 Å². The molecular formula is C22H32IN5O7. The molecule has 2 N–H and O–H groups in total. The fourth-order valence-electron chi connectivity index (χ4n) is 4.63. The molecule has 13 heteroatoms. The molecule has 3 saturated heterocycles. The number of carbonyl (C=O) groups excluding carboxylic acids is 3. The Balaban J connectivity index is 1.62. The Hall–Kier alpha value is -1.97. The minimum absolute atomic E-state index is 0.0524. The van der Waals surface area contributed by atoms with Crippen molar-refractivity contribution in [1.29, 1.82) is 0 Å². The maximum atomic E-state index is 13.9. The summed E-state index contributed by atoms with van der Waals surface area (Å²) in [6, 6.07) is -2.41. The molecule has 0 aliphatic carbocycles. The first-order valence-corrected chi connectivity index (χ1v) is 12.7. The fourth-order valence-corrected chi connectivity index (χ4v) is 5.00. The second kappa shape index (κ2) is 10.2. The van der Waals surface area contributed by atoms with Gasteiger partial charge in [-0.05, 0) is 56.2 Å². The molecule has 0 unspecified atom stereocenters. The molecule has 0 bridgehead atoms. The van der Waals surface area contributed by atoms with Gasteiger partial charge in [0.2, 0.25) is 5.89 Å². The summed E-state index contributed by atoms with van der Waals surface area (Å²) >= 11 is 2.04. The molecule has 4 rings (SSSR count). The van der Waals surface area contributed by atoms with Crippen molar-refractivity contribution in [3.8, 4) is 0 Å². The second-order valence-corrected chi connectivity index (χ2v) is 11.4. The van der Waals surface area contributed by atoms with E-state index in [-0.39, 0.29) is 5.41 Å². The Morgan fingerprint density at radius 3 is 2.57 bits per heavy atom. The van der Waals surface area contributed by atoms with Gasteiger partial charge in [0.05, 0.1) is 20.3 Å². The van der Waals surface area contributed by atoms with Crippen molar-refractivity contribution in [3.05, 3.63) is 15.9 Å². The number of halogens is 1. The number of rotatable bonds is 6. The molecule has 35 heavy (non-hydrogen) atoms. The van der Waals surface area contributed by atoms with Gasteiger partial charge < -0.3 is 23.9 Å². The van der Waals surface area contributed by atoms with Crippen molar-refractivity contribution in [2.24, 2.45) is 5.41 Å². The van der Waals surface area contributed by atoms with Gasteiger partial charge in [0.25, 0.3) is 5.91 Å². The molecule has 0 saturated carbocycles. The van der Waals surface area contributed by atoms with Gasteiger partial charge in [-0.1, -0.05) is 0 Å². The standard InChI is InChI=1S/C22H32IN5O7/c1-21(2,3)35-20(31)25-15(18(29)28-7-5-6-13(26-28)19(30)32-4)16(17-24-14(23)8-34-17)27-9-22(10-27)11-33-12-22/h8,13,15-16,26H,5-7,9-12H2,1-4H3,(H,25,31)/t13-,15-,16-/m0/s1. The number of oxazole rings is 1. The highest BCUT2D eigenvalue weighted by Crippen LogP contribution is 2.43. The van der Waals surface area contributed by atoms with E-state index in [4.69, 9.17) is 18.6 Å². The van der Waals surface area contributed by atoms with E-state index >= 15 is 0 Å². The molecule has 3 aliphatic heterocycles. The van der Waals surface area contributed by atoms with Crippen molar-refractivity contribution in [2.45, 2.75) is 57.3 Å². The van der Waals surface area contributed by atoms with E-state index in [1.807, 2.05) is 22.6 Å². The lowest BCUT2D eigenvalue weighted by molar-refractivity contribution is -0.204. The Kier molecular flexibility index (Phi) is 7.60. The van der Waals surface area contributed by atoms with Crippen LogP contribution >= 0.6 is 22.6 Å². The molecule has 3 fully saturated rings. The lowest BCUT2D eigenvalue weighted by Crippen LogP contribution is -2.70. The summed E-state index contributed by atoms with van der Waals surface area (Å²) in [4.78, 5) is 45.4. The predicted molar refractivity (Wildman–Crippen MR) is 130 cm³/mol. The van der Waals surface area contributed by atoms with Crippen molar-refractivity contribution >= 4 is 40.6 Å². The Morgan fingerprint density at radius 1 is 1.31 bits per heavy atom. The normalized spacial score (nSPS) is 23.6. The third-order valence-corrected chi connectivity index (χ3v) is 6.72. The largest absolute Gasteiger partial charge is 0.468 e. The minimum atomic E-state index is -1.08. The lowest BCUT2D eigenvalue weighted by atomic mass is 9.76. The molecular weight excluding hydrogens is 573 g/mol. The van der Waals surface area contributed by atoms with E-state index in [1.165, 1.54) is 18.4 Å². The third kappa shape index (κ3) is 5.89. The van der Waals surface area contributed by atoms with E-state index in [2.05, 4.69) is 20.6 Å². The summed E-state index contributed by atoms with van der Waals surface area (Å²) in [5.41, 5.74) is 2.25. The monoisotopic (exact) mass is 605 g/mol. The van der Waals surface area contributed by atoms with Crippen molar-refractivity contribution in [1.82, 2.24) is 25.6 Å². The number of ether oxygens (including phenoxy) is 3. The second-order valence-electron chi connectivity index (χ2n) is 10.3. The molecule has 12 nitrogen and oxygen atoms in total. The van der Waals surface area contributed by atoms with Gasteiger partial charge in [-0.25, -0.2) is 15.2 Å². The van der Waals surface area contributed by atoms with Crippen LogP contribution in [0.3, 0.4) is 0 Å². The van der Waals surface area contributed by atoms with Crippen LogP contribution in [0.25, 0.3) is 0 Å². The molecule has 1 spiro atoms. The zero-order chi connectivity index (χ0) is 25.4. The molecule has 1 aromatic heterocycles. The summed E-state index contributed by atoms with van der Waals surface area (Å²) < 4.78 is 22.1. The minimum Gasteiger partial charge on any atom is -0.468 e. The summed E-state index contributed by atoms with van der Waals surface area (Å²) in [5.74, 6) is -0.554. The summed E-state index contributed by atoms with van der Waals surface area (Å²) in [5, 5.41) is 4.14. The van der Waals surface area contributed by atoms with E-state index in [1.54, 1.807) is 20.8 Å². The van der Waals surface area contributed by atoms with Gasteiger partial charge in [0.15, 0.2) is 0 Å². The fraction of sp³-hybridized carbons (Fsp3) is 0.727. The first-order chi connectivity index (χ1) is 16.5. The number of alkyl carbamates (subject to hydrolysis) is 1. The van der Waals surface area contributed by atoms with Crippen LogP contribution in [0, 0.1) is 9.12 Å². The van der Waals surface area contributed by atoms with E-state index in [9.17, 15) is 14.4 Å². The van der Waals surface area contributed by atoms with Gasteiger partial charge in [-0.15, -0.1) is 0 Å². The highest BCUT2D eigenvalue weighted by atomic mass is 127. The molecule has 0 radical (unpaired) electrons. The molecule has 0 aromatic carbocycles. The average molecular weight is 605 g/mol. The zero-order valence-electron chi connectivity index (χ0n) is 20.3. The van der Waals surface area contributed by atoms with Gasteiger partial charge in [-0.3, -0.25) is 19.5 Å². The highest BCUT2D eigenvalue weighted by molar-refractivity contribution is 14.1. The van der Waals surface area contributed by atoms with Gasteiger partial charge >= 0.3 is 12.1 Å². The maximum Gasteiger partial charge on any atom is 0.408 e. The number of hydrazine groups is 1. The Labute approximate surface area is 217 Å². The average Bonchev–Trinajstić information content (AvgIpc) is 3.16. The number of esters is 1. The van der Waals surface area contributed by atoms with E-state index in [0.717, 1.165) is 0 Å². The number of carbonyl (C=O) groups is 3. The van der Waals surface area contributed by atoms with Crippen LogP contribution < -0.4 is 10.7 Å². The third-order valence-electron chi connectivity index (χ3n) is 6.23. The van der Waals surface area contributed by atoms with Crippen LogP contribution in [-0.4, -0.2) is 90.5 Å².